The number of hydrogen-bond acceptors (Lipinski definition) is 22. The lowest BCUT2D eigenvalue weighted by Crippen LogP contribution is -2.61. The van der Waals surface area contributed by atoms with Crippen LogP contribution in [0.5, 0.6) is 0 Å². The molecule has 0 spiro atoms. The van der Waals surface area contributed by atoms with Crippen molar-refractivity contribution in [2.24, 2.45) is 87.3 Å². The Kier molecular flexibility index (Phi) is 27.7. The molecule has 602 valence electrons. The topological polar surface area (TPSA) is 303 Å². The van der Waals surface area contributed by atoms with E-state index in [2.05, 4.69) is 38.3 Å². The normalized spacial score (nSPS) is 36.7. The van der Waals surface area contributed by atoms with Crippen LogP contribution in [0.2, 0.25) is 0 Å². The van der Waals surface area contributed by atoms with Gasteiger partial charge < -0.3 is 67.5 Å². The number of cyclic esters (lactones) is 2. The first kappa shape index (κ1) is 86.9. The Morgan fingerprint density at radius 3 is 1.07 bits per heavy atom. The van der Waals surface area contributed by atoms with E-state index in [1.54, 1.807) is 27.7 Å². The summed E-state index contributed by atoms with van der Waals surface area (Å²) in [4.78, 5) is 116. The van der Waals surface area contributed by atoms with Gasteiger partial charge in [-0.3, -0.25) is 14.4 Å². The minimum atomic E-state index is -0.728. The van der Waals surface area contributed by atoms with Crippen LogP contribution in [-0.2, 0) is 95.3 Å². The molecule has 2 N–H and O–H groups in total. The van der Waals surface area contributed by atoms with Gasteiger partial charge in [-0.15, -0.1) is 0 Å². The monoisotopic (exact) mass is 1520 g/mol. The van der Waals surface area contributed by atoms with Crippen LogP contribution in [0.1, 0.15) is 270 Å². The Balaban J connectivity index is 0.000000164. The first-order valence-corrected chi connectivity index (χ1v) is 39.8. The van der Waals surface area contributed by atoms with E-state index in [1.807, 2.05) is 48.5 Å². The molecule has 6 atom stereocenters. The quantitative estimate of drug-likeness (QED) is 0.0525. The molecule has 18 rings (SSSR count). The van der Waals surface area contributed by atoms with Gasteiger partial charge in [0.2, 0.25) is 12.2 Å². The maximum atomic E-state index is 12.4. The maximum absolute atomic E-state index is 12.4. The molecular weight excluding hydrogens is 1390 g/mol. The smallest absolute Gasteiger partial charge is 0.347 e. The SMILES string of the molecule is C=C(C)C(=O)OC12CC3CC(CC(O)(C3)C1)C2.C=C(C)C(=O)OC1CCOC1=O.C=C(C)C(=O)OCC(=O)OC1(C)C2CC3CC(C2)CC1C3.CCC(C)(C)C(=O)OC12CC3CC(CC(O)(C3)C1)C2.CCC(C)(C)C(=O)OC1CCOC1=O.CCC(C)(C)C(=O)OCC(=O)OC1(C)C2CC3CC(C2)CC1C3.[PH2-]. The van der Waals surface area contributed by atoms with E-state index in [0.29, 0.717) is 110 Å². The van der Waals surface area contributed by atoms with E-state index in [9.17, 15) is 58.2 Å². The van der Waals surface area contributed by atoms with Crippen LogP contribution in [0.25, 0.3) is 0 Å². The van der Waals surface area contributed by atoms with Gasteiger partial charge in [-0.2, -0.15) is 0 Å². The molecule has 16 aliphatic carbocycles. The summed E-state index contributed by atoms with van der Waals surface area (Å²) in [6.07, 6.45) is 25.1. The highest BCUT2D eigenvalue weighted by Gasteiger charge is 2.63. The van der Waals surface area contributed by atoms with Crippen LogP contribution < -0.4 is 0 Å². The maximum Gasteiger partial charge on any atom is 0.347 e. The molecule has 16 saturated carbocycles. The Labute approximate surface area is 638 Å². The van der Waals surface area contributed by atoms with E-state index in [-0.39, 0.29) is 75.3 Å². The average molecular weight is 1520 g/mol. The van der Waals surface area contributed by atoms with Crippen LogP contribution in [0, 0.1) is 87.3 Å². The summed E-state index contributed by atoms with van der Waals surface area (Å²) in [7, 11) is 0. The summed E-state index contributed by atoms with van der Waals surface area (Å²) < 4.78 is 52.6. The largest absolute Gasteiger partial charge is 0.577 e. The van der Waals surface area contributed by atoms with Crippen molar-refractivity contribution in [2.75, 3.05) is 26.4 Å². The van der Waals surface area contributed by atoms with Gasteiger partial charge in [0.05, 0.1) is 40.7 Å². The van der Waals surface area contributed by atoms with Crippen molar-refractivity contribution >= 4 is 69.6 Å². The summed E-state index contributed by atoms with van der Waals surface area (Å²) in [5, 5.41) is 21.2. The fourth-order valence-corrected chi connectivity index (χ4v) is 20.9. The van der Waals surface area contributed by atoms with E-state index < -0.39 is 75.1 Å². The van der Waals surface area contributed by atoms with E-state index >= 15 is 0 Å². The van der Waals surface area contributed by atoms with Crippen molar-refractivity contribution < 1.29 is 106 Å². The molecule has 23 heteroatoms. The van der Waals surface area contributed by atoms with Crippen molar-refractivity contribution in [3.63, 3.8) is 0 Å². The van der Waals surface area contributed by atoms with Crippen molar-refractivity contribution in [2.45, 2.75) is 316 Å². The molecule has 0 radical (unpaired) electrons. The third-order valence-electron chi connectivity index (χ3n) is 27.0. The van der Waals surface area contributed by atoms with Gasteiger partial charge in [0.15, 0.2) is 13.2 Å². The molecule has 0 aromatic carbocycles. The van der Waals surface area contributed by atoms with Gasteiger partial charge in [-0.1, -0.05) is 40.5 Å². The summed E-state index contributed by atoms with van der Waals surface area (Å²) in [5.74, 6) is 3.66. The van der Waals surface area contributed by atoms with Crippen molar-refractivity contribution in [1.29, 1.82) is 0 Å². The molecular formula is C84H128O22P-. The number of esters is 10. The molecule has 2 saturated heterocycles. The van der Waals surface area contributed by atoms with Crippen molar-refractivity contribution in [3.05, 3.63) is 36.5 Å². The number of ether oxygens (including phenoxy) is 10. The first-order valence-electron chi connectivity index (χ1n) is 39.8. The molecule has 16 bridgehead atoms. The summed E-state index contributed by atoms with van der Waals surface area (Å²) in [6, 6.07) is 0. The third-order valence-corrected chi connectivity index (χ3v) is 27.0. The highest BCUT2D eigenvalue weighted by molar-refractivity contribution is 6.92. The second-order valence-corrected chi connectivity index (χ2v) is 37.3. The average Bonchev–Trinajstić information content (AvgIpc) is 0.838. The standard InChI is InChI=1S/C19H30O4.C17H24O4.C16H26O3.C14H20O3.C10H16O4.C8H10O4.H2P/c1-5-18(2,3)17(21)22-11-16(20)23-19(4)14-7-12-6-13(9-14)10-15(19)8-12;1-10(2)16(19)20-9-15(18)21-17(3)13-5-11-4-12(7-13)8-14(17)6-11;1-4-14(2,3)13(17)19-16-8-11-5-12(9-16)7-15(18,6-11)10-16;1-9(2)12(15)17-14-6-10-3-11(7-14)5-13(16,4-10)8-14;1-4-10(2,3)9(12)14-7-5-6-13-8(7)11;1-5(2)7(9)12-6-3-4-11-8(6)10;/h12-15H,5-11H2,1-4H3;11-14H,1,4-9H2,2-3H3;11-12,18H,4-10H2,1-3H3;10-11,16H,1,3-8H2,2H3;7H,4-6H2,1-3H3;6H,1,3-4H2,2H3;1H2/q;;;;;;-1. The van der Waals surface area contributed by atoms with Crippen molar-refractivity contribution in [1.82, 2.24) is 0 Å². The van der Waals surface area contributed by atoms with Gasteiger partial charge in [-0.25, -0.2) is 33.6 Å². The van der Waals surface area contributed by atoms with Gasteiger partial charge >= 0.3 is 59.7 Å². The molecule has 18 fully saturated rings. The Morgan fingerprint density at radius 2 is 0.738 bits per heavy atom. The number of carbonyl (C=O) groups excluding carboxylic acids is 10. The van der Waals surface area contributed by atoms with Crippen LogP contribution >= 0.6 is 9.90 Å². The van der Waals surface area contributed by atoms with Gasteiger partial charge in [-0.05, 0) is 295 Å². The Hall–Kier alpha value is -5.73. The molecule has 107 heavy (non-hydrogen) atoms. The third kappa shape index (κ3) is 20.9. The second-order valence-electron chi connectivity index (χ2n) is 37.3. The van der Waals surface area contributed by atoms with Crippen LogP contribution in [0.15, 0.2) is 36.5 Å². The fourth-order valence-electron chi connectivity index (χ4n) is 20.9. The number of carbonyl (C=O) groups is 10. The minimum absolute atomic E-state index is 0. The molecule has 2 aliphatic heterocycles. The summed E-state index contributed by atoms with van der Waals surface area (Å²) in [6.45, 7) is 36.6. The van der Waals surface area contributed by atoms with Gasteiger partial charge in [0.1, 0.15) is 22.4 Å². The van der Waals surface area contributed by atoms with Crippen LogP contribution in [-0.4, -0.2) is 142 Å². The van der Waals surface area contributed by atoms with E-state index in [1.165, 1.54) is 84.0 Å². The molecule has 0 aromatic heterocycles. The summed E-state index contributed by atoms with van der Waals surface area (Å²) >= 11 is 0. The zero-order valence-electron chi connectivity index (χ0n) is 66.8. The molecule has 2 heterocycles. The number of rotatable bonds is 19. The predicted molar refractivity (Wildman–Crippen MR) is 399 cm³/mol. The zero-order valence-corrected chi connectivity index (χ0v) is 67.9. The fraction of sp³-hybridized carbons (Fsp3) is 0.810. The van der Waals surface area contributed by atoms with Crippen LogP contribution in [0.4, 0.5) is 0 Å². The molecule has 0 amide bonds. The van der Waals surface area contributed by atoms with Crippen LogP contribution in [0.3, 0.4) is 0 Å². The number of aliphatic hydroxyl groups is 2. The molecule has 22 nitrogen and oxygen atoms in total. The lowest BCUT2D eigenvalue weighted by atomic mass is 9.50. The van der Waals surface area contributed by atoms with Crippen molar-refractivity contribution in [3.8, 4) is 0 Å². The number of hydrogen-bond donors (Lipinski definition) is 2. The summed E-state index contributed by atoms with van der Waals surface area (Å²) in [5.41, 5.74) is -3.04. The lowest BCUT2D eigenvalue weighted by Gasteiger charge is -2.59. The van der Waals surface area contributed by atoms with E-state index in [4.69, 9.17) is 42.6 Å². The highest BCUT2D eigenvalue weighted by atomic mass is 31.0. The van der Waals surface area contributed by atoms with E-state index in [0.717, 1.165) is 81.5 Å². The Bertz CT molecular complexity index is 3250. The highest BCUT2D eigenvalue weighted by Crippen LogP contribution is 2.63. The minimum Gasteiger partial charge on any atom is -0.577 e. The molecule has 6 unspecified atom stereocenters. The Morgan fingerprint density at radius 1 is 0.421 bits per heavy atom. The lowest BCUT2D eigenvalue weighted by molar-refractivity contribution is -0.225. The first-order chi connectivity index (χ1) is 49.4. The predicted octanol–water partition coefficient (Wildman–Crippen LogP) is 13.9. The van der Waals surface area contributed by atoms with Gasteiger partial charge in [0.25, 0.3) is 0 Å². The molecule has 18 aliphatic rings. The zero-order chi connectivity index (χ0) is 78.1. The molecule has 0 aromatic rings. The van der Waals surface area contributed by atoms with Gasteiger partial charge in [0, 0.05) is 42.4 Å². The second kappa shape index (κ2) is 34.1.